The Morgan fingerprint density at radius 1 is 0.783 bits per heavy atom. The van der Waals surface area contributed by atoms with E-state index in [2.05, 4.69) is 75.9 Å². The van der Waals surface area contributed by atoms with Gasteiger partial charge in [-0.3, -0.25) is 4.90 Å². The highest BCUT2D eigenvalue weighted by Crippen LogP contribution is 2.50. The number of hydrogen-bond acceptors (Lipinski definition) is 10. The van der Waals surface area contributed by atoms with Gasteiger partial charge in [-0.05, 0) is 72.7 Å². The predicted molar refractivity (Wildman–Crippen MR) is 229 cm³/mol. The fraction of sp³-hybridized carbons (Fsp3) is 0.354. The van der Waals surface area contributed by atoms with Crippen molar-refractivity contribution in [3.63, 3.8) is 0 Å². The lowest BCUT2D eigenvalue weighted by Crippen LogP contribution is -2.53. The van der Waals surface area contributed by atoms with Crippen molar-refractivity contribution < 1.29 is 24.0 Å². The predicted octanol–water partition coefficient (Wildman–Crippen LogP) is 3.61. The van der Waals surface area contributed by atoms with Crippen molar-refractivity contribution in [2.75, 3.05) is 49.1 Å². The molecule has 3 saturated heterocycles. The molecule has 12 nitrogen and oxygen atoms in total. The van der Waals surface area contributed by atoms with Crippen LogP contribution in [0.4, 0.5) is 11.4 Å². The summed E-state index contributed by atoms with van der Waals surface area (Å²) in [4.78, 5) is 72.1. The molecule has 1 unspecified atom stereocenters. The van der Waals surface area contributed by atoms with Crippen molar-refractivity contribution in [3.8, 4) is 6.07 Å². The monoisotopic (exact) mass is 797 g/mol. The lowest BCUT2D eigenvalue weighted by atomic mass is 9.69. The first-order valence-electron chi connectivity index (χ1n) is 20.6. The average molecular weight is 798 g/mol. The molecule has 3 aromatic carbocycles. The Bertz CT molecular complexity index is 3010. The molecule has 300 valence electrons. The fourth-order valence-corrected chi connectivity index (χ4v) is 10.4. The number of piperazine rings is 1. The van der Waals surface area contributed by atoms with E-state index in [1.807, 2.05) is 36.1 Å². The van der Waals surface area contributed by atoms with E-state index in [1.54, 1.807) is 18.1 Å². The Labute approximate surface area is 346 Å². The molecular formula is C48H43N7O5. The molecule has 1 atom stereocenters. The maximum absolute atomic E-state index is 12.7. The first kappa shape index (κ1) is 38.6. The van der Waals surface area contributed by atoms with E-state index < -0.39 is 11.5 Å². The second-order valence-electron chi connectivity index (χ2n) is 16.7. The minimum Gasteiger partial charge on any atom is -0.371 e. The first-order chi connectivity index (χ1) is 29.2. The van der Waals surface area contributed by atoms with Gasteiger partial charge >= 0.3 is 0 Å². The summed E-state index contributed by atoms with van der Waals surface area (Å²) in [6, 6.07) is 17.6. The van der Waals surface area contributed by atoms with E-state index >= 15 is 0 Å². The normalized spacial score (nSPS) is 19.1. The van der Waals surface area contributed by atoms with Crippen LogP contribution in [-0.2, 0) is 35.8 Å². The third-order valence-electron chi connectivity index (χ3n) is 13.5. The smallest absolute Gasteiger partial charge is 0.151 e. The number of nitriles is 1. The molecule has 5 heterocycles. The van der Waals surface area contributed by atoms with E-state index in [-0.39, 0.29) is 22.1 Å². The lowest BCUT2D eigenvalue weighted by Gasteiger charge is -2.44. The summed E-state index contributed by atoms with van der Waals surface area (Å²) in [5.74, 6) is 10.1. The van der Waals surface area contributed by atoms with Gasteiger partial charge in [0.25, 0.3) is 0 Å². The number of carbonyl (C=O) groups excluding carboxylic acids is 5. The van der Waals surface area contributed by atoms with Crippen LogP contribution in [0.25, 0.3) is 27.2 Å². The molecule has 0 amide bonds. The number of allylic oxidation sites excluding steroid dienone is 2. The summed E-state index contributed by atoms with van der Waals surface area (Å²) >= 11 is 0. The largest absolute Gasteiger partial charge is 0.371 e. The van der Waals surface area contributed by atoms with Gasteiger partial charge in [0.15, 0.2) is 11.9 Å². The maximum Gasteiger partial charge on any atom is 0.151 e. The van der Waals surface area contributed by atoms with E-state index in [0.29, 0.717) is 40.8 Å². The van der Waals surface area contributed by atoms with Crippen molar-refractivity contribution in [1.29, 1.82) is 5.26 Å². The van der Waals surface area contributed by atoms with E-state index in [9.17, 15) is 29.2 Å². The number of nitrogens with zero attached hydrogens (tertiary/aromatic N) is 5. The Hall–Kier alpha value is -6.90. The Kier molecular flexibility index (Phi) is 9.68. The van der Waals surface area contributed by atoms with Crippen molar-refractivity contribution in [3.05, 3.63) is 104 Å². The first-order valence-corrected chi connectivity index (χ1v) is 20.6. The van der Waals surface area contributed by atoms with Crippen molar-refractivity contribution >= 4 is 68.3 Å². The van der Waals surface area contributed by atoms with Crippen LogP contribution < -0.4 is 25.8 Å². The standard InChI is InChI=1S/C48H43N7O5/c1-4-30-21-35-36(25-57)45-33-10-8-29(23-49)20-38(33)51-47(45)48(2,3)37(35)22-42(30)53-14-12-32(13-15-53)52-16-18-54(19-17-52)41-7-5-6-34-43(27-59)55(44(28-60)46(34)41)40-11-9-31(24-56)50-39(40)26-58/h5-8,10,20-22,32,40,50-51H,4,9,11-19H2,1-3H3. The molecule has 2 aromatic heterocycles. The van der Waals surface area contributed by atoms with Crippen LogP contribution in [0.3, 0.4) is 0 Å². The van der Waals surface area contributed by atoms with Gasteiger partial charge in [0.2, 0.25) is 0 Å². The number of piperidine rings is 2. The zero-order chi connectivity index (χ0) is 41.9. The number of aromatic amines is 1. The summed E-state index contributed by atoms with van der Waals surface area (Å²) in [6.07, 6.45) is 3.42. The zero-order valence-electron chi connectivity index (χ0n) is 33.8. The van der Waals surface area contributed by atoms with Gasteiger partial charge < -0.3 is 24.7 Å². The number of rotatable bonds is 5. The van der Waals surface area contributed by atoms with Crippen molar-refractivity contribution in [2.45, 2.75) is 70.4 Å². The number of benzene rings is 3. The molecule has 2 N–H and O–H groups in total. The molecule has 0 saturated carbocycles. The Balaban J connectivity index is 0.937. The van der Waals surface area contributed by atoms with Gasteiger partial charge in [0.05, 0.1) is 23.2 Å². The van der Waals surface area contributed by atoms with Gasteiger partial charge in [-0.2, -0.15) is 5.26 Å². The summed E-state index contributed by atoms with van der Waals surface area (Å²) in [5, 5.41) is 14.7. The highest BCUT2D eigenvalue weighted by molar-refractivity contribution is 6.10. The van der Waals surface area contributed by atoms with E-state index in [1.165, 1.54) is 15.8 Å². The van der Waals surface area contributed by atoms with Gasteiger partial charge in [0, 0.05) is 101 Å². The third-order valence-corrected chi connectivity index (χ3v) is 13.5. The minimum atomic E-state index is -0.714. The summed E-state index contributed by atoms with van der Waals surface area (Å²) < 4.78 is 1.52. The van der Waals surface area contributed by atoms with Gasteiger partial charge in [-0.1, -0.05) is 39.0 Å². The van der Waals surface area contributed by atoms with Crippen LogP contribution in [0.1, 0.15) is 86.0 Å². The number of hydrogen-bond donors (Lipinski definition) is 2. The number of nitrogens with one attached hydrogen (secondary N) is 2. The van der Waals surface area contributed by atoms with Crippen LogP contribution in [-0.4, -0.2) is 89.5 Å². The third kappa shape index (κ3) is 5.93. The molecule has 1 aliphatic carbocycles. The number of H-pyrrole nitrogens is 1. The highest BCUT2D eigenvalue weighted by Gasteiger charge is 2.40. The molecule has 9 rings (SSSR count). The van der Waals surface area contributed by atoms with Gasteiger partial charge in [0.1, 0.15) is 39.9 Å². The average Bonchev–Trinajstić information content (AvgIpc) is 3.84. The zero-order valence-corrected chi connectivity index (χ0v) is 33.8. The lowest BCUT2D eigenvalue weighted by molar-refractivity contribution is 0.160. The van der Waals surface area contributed by atoms with E-state index in [4.69, 9.17) is 0 Å². The van der Waals surface area contributed by atoms with Crippen LogP contribution in [0.5, 0.6) is 0 Å². The summed E-state index contributed by atoms with van der Waals surface area (Å²) in [7, 11) is 0. The molecular weight excluding hydrogens is 755 g/mol. The molecule has 4 aliphatic rings. The van der Waals surface area contributed by atoms with Crippen molar-refractivity contribution in [1.82, 2.24) is 19.8 Å². The summed E-state index contributed by atoms with van der Waals surface area (Å²) in [6.45, 7) is 11.5. The number of fused-ring (bicyclic) bond motifs is 5. The maximum atomic E-state index is 12.7. The molecule has 3 aliphatic heterocycles. The topological polar surface area (TPSA) is 152 Å². The molecule has 0 spiro atoms. The Morgan fingerprint density at radius 3 is 2.20 bits per heavy atom. The minimum absolute atomic E-state index is 0.0558. The van der Waals surface area contributed by atoms with Crippen LogP contribution in [0.15, 0.2) is 59.9 Å². The van der Waals surface area contributed by atoms with Crippen LogP contribution in [0.2, 0.25) is 0 Å². The summed E-state index contributed by atoms with van der Waals surface area (Å²) in [5.41, 5.74) is 8.88. The molecule has 5 aromatic rings. The van der Waals surface area contributed by atoms with Gasteiger partial charge in [-0.25, -0.2) is 24.0 Å². The van der Waals surface area contributed by atoms with Gasteiger partial charge in [-0.15, -0.1) is 0 Å². The number of aryl methyl sites for hydroxylation is 1. The number of anilines is 2. The second kappa shape index (κ2) is 15.0. The molecule has 12 heteroatoms. The molecule has 0 bridgehead atoms. The molecule has 60 heavy (non-hydrogen) atoms. The second-order valence-corrected chi connectivity index (χ2v) is 16.7. The SMILES string of the molecule is CCc1cc2c(cc1N1CCC(N3CCN(c4cccc5c(=C=O)n(C6CCC(=C=O)NC6=C=O)c(=C=O)c45)CC3)CC1)C(C)(C)c1[nH]c3cc(C#N)ccc3c1C2=C=O. The van der Waals surface area contributed by atoms with E-state index in [0.717, 1.165) is 97.5 Å². The molecule has 3 fully saturated rings. The Morgan fingerprint density at radius 2 is 1.53 bits per heavy atom. The highest BCUT2D eigenvalue weighted by atomic mass is 16.1. The van der Waals surface area contributed by atoms with Crippen LogP contribution in [0, 0.1) is 11.3 Å². The fourth-order valence-electron chi connectivity index (χ4n) is 10.4. The van der Waals surface area contributed by atoms with Crippen molar-refractivity contribution in [2.24, 2.45) is 0 Å². The van der Waals surface area contributed by atoms with Crippen LogP contribution >= 0.6 is 0 Å². The molecule has 0 radical (unpaired) electrons. The quantitative estimate of drug-likeness (QED) is 0.253. The number of aromatic nitrogens is 2.